The molecule has 4 heteroatoms. The smallest absolute Gasteiger partial charge is 0.303 e. The third-order valence-electron chi connectivity index (χ3n) is 7.99. The number of rotatable bonds is 27. The first-order valence-corrected chi connectivity index (χ1v) is 16.9. The minimum Gasteiger partial charge on any atom is -0.494 e. The minimum atomic E-state index is -0.741. The summed E-state index contributed by atoms with van der Waals surface area (Å²) in [6.45, 7) is 4.13. The molecule has 0 amide bonds. The van der Waals surface area contributed by atoms with Crippen molar-refractivity contribution in [1.29, 1.82) is 0 Å². The van der Waals surface area contributed by atoms with Crippen molar-refractivity contribution >= 4 is 11.7 Å². The summed E-state index contributed by atoms with van der Waals surface area (Å²) in [5, 5.41) is 12.3. The maximum absolute atomic E-state index is 10.7. The van der Waals surface area contributed by atoms with Crippen molar-refractivity contribution in [2.24, 2.45) is 0 Å². The lowest BCUT2D eigenvalue weighted by Crippen LogP contribution is -2.02. The summed E-state index contributed by atoms with van der Waals surface area (Å²) in [6.07, 6.45) is 25.9. The molecule has 0 aliphatic rings. The molecule has 2 rings (SSSR count). The average molecular weight is 566 g/mol. The number of hydrogen-bond donors (Lipinski definition) is 2. The van der Waals surface area contributed by atoms with Gasteiger partial charge < -0.3 is 15.2 Å². The van der Waals surface area contributed by atoms with Gasteiger partial charge in [-0.05, 0) is 67.5 Å². The molecule has 0 fully saturated rings. The Kier molecular flexibility index (Phi) is 20.4. The van der Waals surface area contributed by atoms with Gasteiger partial charge in [-0.3, -0.25) is 4.79 Å². The van der Waals surface area contributed by atoms with E-state index in [0.717, 1.165) is 30.2 Å². The second kappa shape index (κ2) is 24.1. The van der Waals surface area contributed by atoms with Crippen LogP contribution in [0, 0.1) is 0 Å². The zero-order valence-corrected chi connectivity index (χ0v) is 26.1. The second-order valence-corrected chi connectivity index (χ2v) is 11.8. The van der Waals surface area contributed by atoms with Crippen LogP contribution < -0.4 is 10.1 Å². The number of aliphatic carboxylic acids is 1. The molecular weight excluding hydrogens is 506 g/mol. The molecule has 0 aliphatic carbocycles. The maximum Gasteiger partial charge on any atom is 0.303 e. The molecule has 230 valence electrons. The van der Waals surface area contributed by atoms with Crippen LogP contribution in [0.2, 0.25) is 0 Å². The highest BCUT2D eigenvalue weighted by atomic mass is 16.5. The van der Waals surface area contributed by atoms with Gasteiger partial charge in [0.2, 0.25) is 0 Å². The number of aryl methyl sites for hydroxylation is 2. The summed E-state index contributed by atoms with van der Waals surface area (Å²) < 4.78 is 5.94. The molecule has 4 nitrogen and oxygen atoms in total. The Bertz CT molecular complexity index is 878. The first-order valence-electron chi connectivity index (χ1n) is 16.9. The lowest BCUT2D eigenvalue weighted by atomic mass is 10.0. The van der Waals surface area contributed by atoms with Gasteiger partial charge in [0.15, 0.2) is 0 Å². The van der Waals surface area contributed by atoms with E-state index in [1.807, 2.05) is 12.1 Å². The van der Waals surface area contributed by atoms with Crippen LogP contribution in [0.3, 0.4) is 0 Å². The molecule has 2 N–H and O–H groups in total. The summed E-state index contributed by atoms with van der Waals surface area (Å²) in [4.78, 5) is 10.7. The number of ether oxygens (including phenoxy) is 1. The largest absolute Gasteiger partial charge is 0.494 e. The molecule has 2 aromatic rings. The third-order valence-corrected chi connectivity index (χ3v) is 7.99. The third kappa shape index (κ3) is 19.3. The van der Waals surface area contributed by atoms with Crippen molar-refractivity contribution in [1.82, 2.24) is 0 Å². The number of unbranched alkanes of at least 4 members (excludes halogenated alkanes) is 16. The van der Waals surface area contributed by atoms with Crippen molar-refractivity contribution < 1.29 is 14.6 Å². The van der Waals surface area contributed by atoms with Crippen LogP contribution in [0.4, 0.5) is 5.69 Å². The number of anilines is 1. The topological polar surface area (TPSA) is 58.6 Å². The fraction of sp³-hybridized carbons (Fsp3) is 0.649. The number of benzene rings is 2. The zero-order valence-electron chi connectivity index (χ0n) is 26.1. The van der Waals surface area contributed by atoms with E-state index in [9.17, 15) is 4.79 Å². The van der Waals surface area contributed by atoms with Crippen molar-refractivity contribution in [3.63, 3.8) is 0 Å². The van der Waals surface area contributed by atoms with Gasteiger partial charge in [0.05, 0.1) is 6.61 Å². The van der Waals surface area contributed by atoms with Gasteiger partial charge in [-0.25, -0.2) is 0 Å². The monoisotopic (exact) mass is 565 g/mol. The fourth-order valence-electron chi connectivity index (χ4n) is 5.32. The summed E-state index contributed by atoms with van der Waals surface area (Å²) >= 11 is 0. The molecule has 0 unspecified atom stereocenters. The Morgan fingerprint density at radius 1 is 0.610 bits per heavy atom. The predicted octanol–water partition coefficient (Wildman–Crippen LogP) is 10.8. The number of nitrogens with one attached hydrogen (secondary N) is 1. The van der Waals surface area contributed by atoms with Gasteiger partial charge >= 0.3 is 5.97 Å². The summed E-state index contributed by atoms with van der Waals surface area (Å²) in [5.74, 6) is 0.281. The molecule has 2 aromatic carbocycles. The lowest BCUT2D eigenvalue weighted by molar-refractivity contribution is -0.136. The molecule has 0 saturated carbocycles. The van der Waals surface area contributed by atoms with Gasteiger partial charge in [0, 0.05) is 18.7 Å². The van der Waals surface area contributed by atoms with E-state index < -0.39 is 5.97 Å². The maximum atomic E-state index is 10.7. The lowest BCUT2D eigenvalue weighted by Gasteiger charge is -2.08. The minimum absolute atomic E-state index is 0.192. The van der Waals surface area contributed by atoms with E-state index in [-0.39, 0.29) is 6.42 Å². The summed E-state index contributed by atoms with van der Waals surface area (Å²) in [6, 6.07) is 17.0. The van der Waals surface area contributed by atoms with Crippen molar-refractivity contribution in [2.45, 2.75) is 142 Å². The standard InChI is InChI=1S/C37H59NO3/c1-2-3-4-5-6-13-16-19-32-41-36-28-23-33(24-29-36)20-17-14-11-9-7-8-10-12-15-18-31-38-35-26-21-34(22-27-35)25-30-37(39)40/h21-24,26-29,38H,2-20,25,30-32H2,1H3,(H,39,40). The predicted molar refractivity (Wildman–Crippen MR) is 175 cm³/mol. The quantitative estimate of drug-likeness (QED) is 0.106. The van der Waals surface area contributed by atoms with E-state index in [2.05, 4.69) is 48.6 Å². The van der Waals surface area contributed by atoms with E-state index in [4.69, 9.17) is 9.84 Å². The van der Waals surface area contributed by atoms with Crippen LogP contribution in [0.15, 0.2) is 48.5 Å². The molecule has 0 radical (unpaired) electrons. The molecular formula is C37H59NO3. The average Bonchev–Trinajstić information content (AvgIpc) is 2.99. The van der Waals surface area contributed by atoms with Crippen molar-refractivity contribution in [2.75, 3.05) is 18.5 Å². The normalized spacial score (nSPS) is 11.0. The van der Waals surface area contributed by atoms with Crippen LogP contribution >= 0.6 is 0 Å². The van der Waals surface area contributed by atoms with Gasteiger partial charge in [0.1, 0.15) is 5.75 Å². The van der Waals surface area contributed by atoms with Gasteiger partial charge in [-0.2, -0.15) is 0 Å². The first kappa shape index (κ1) is 34.7. The molecule has 0 bridgehead atoms. The van der Waals surface area contributed by atoms with Crippen LogP contribution in [0.1, 0.15) is 140 Å². The van der Waals surface area contributed by atoms with Crippen molar-refractivity contribution in [3.8, 4) is 5.75 Å². The Hall–Kier alpha value is -2.49. The van der Waals surface area contributed by atoms with Crippen LogP contribution in [-0.4, -0.2) is 24.2 Å². The van der Waals surface area contributed by atoms with Crippen LogP contribution in [-0.2, 0) is 17.6 Å². The number of carboxylic acid groups (broad SMARTS) is 1. The highest BCUT2D eigenvalue weighted by Gasteiger charge is 2.01. The van der Waals surface area contributed by atoms with Gasteiger partial charge in [0.25, 0.3) is 0 Å². The molecule has 41 heavy (non-hydrogen) atoms. The Balaban J connectivity index is 1.34. The molecule has 0 spiro atoms. The van der Waals surface area contributed by atoms with Crippen LogP contribution in [0.25, 0.3) is 0 Å². The molecule has 0 aliphatic heterocycles. The SMILES string of the molecule is CCCCCCCCCCOc1ccc(CCCCCCCCCCCCNc2ccc(CCC(=O)O)cc2)cc1. The van der Waals surface area contributed by atoms with E-state index in [1.165, 1.54) is 128 Å². The number of hydrogen-bond acceptors (Lipinski definition) is 3. The molecule has 0 aromatic heterocycles. The number of carboxylic acids is 1. The molecule has 0 heterocycles. The molecule has 0 saturated heterocycles. The van der Waals surface area contributed by atoms with Gasteiger partial charge in [-0.1, -0.05) is 128 Å². The Morgan fingerprint density at radius 3 is 1.68 bits per heavy atom. The van der Waals surface area contributed by atoms with Crippen molar-refractivity contribution in [3.05, 3.63) is 59.7 Å². The van der Waals surface area contributed by atoms with Crippen LogP contribution in [0.5, 0.6) is 5.75 Å². The summed E-state index contributed by atoms with van der Waals surface area (Å²) in [5.41, 5.74) is 3.64. The zero-order chi connectivity index (χ0) is 29.2. The van der Waals surface area contributed by atoms with E-state index >= 15 is 0 Å². The molecule has 0 atom stereocenters. The first-order chi connectivity index (χ1) is 20.2. The Morgan fingerprint density at radius 2 is 1.10 bits per heavy atom. The fourth-order valence-corrected chi connectivity index (χ4v) is 5.32. The highest BCUT2D eigenvalue weighted by Crippen LogP contribution is 2.17. The van der Waals surface area contributed by atoms with E-state index in [0.29, 0.717) is 6.42 Å². The summed E-state index contributed by atoms with van der Waals surface area (Å²) in [7, 11) is 0. The van der Waals surface area contributed by atoms with E-state index in [1.54, 1.807) is 0 Å². The Labute approximate surface area is 251 Å². The number of carbonyl (C=O) groups is 1. The van der Waals surface area contributed by atoms with Gasteiger partial charge in [-0.15, -0.1) is 0 Å². The highest BCUT2D eigenvalue weighted by molar-refractivity contribution is 5.67. The second-order valence-electron chi connectivity index (χ2n) is 11.8.